The van der Waals surface area contributed by atoms with E-state index in [0.717, 1.165) is 27.4 Å². The maximum absolute atomic E-state index is 12.3. The normalized spacial score (nSPS) is 10.5. The van der Waals surface area contributed by atoms with Crippen LogP contribution >= 0.6 is 22.7 Å². The Bertz CT molecular complexity index is 963. The number of benzene rings is 1. The van der Waals surface area contributed by atoms with Crippen LogP contribution in [0.15, 0.2) is 41.1 Å². The van der Waals surface area contributed by atoms with Crippen LogP contribution in [-0.2, 0) is 13.0 Å². The molecule has 0 bridgehead atoms. The van der Waals surface area contributed by atoms with Gasteiger partial charge in [0.05, 0.1) is 6.54 Å². The zero-order chi connectivity index (χ0) is 20.1. The topological polar surface area (TPSA) is 74.3 Å². The van der Waals surface area contributed by atoms with Crippen molar-refractivity contribution in [3.8, 4) is 10.6 Å². The number of hydrogen-bond donors (Lipinski definition) is 2. The number of thiazole rings is 1. The first-order valence-corrected chi connectivity index (χ1v) is 10.6. The van der Waals surface area contributed by atoms with Gasteiger partial charge in [0.2, 0.25) is 0 Å². The summed E-state index contributed by atoms with van der Waals surface area (Å²) in [6.45, 7) is 4.60. The van der Waals surface area contributed by atoms with E-state index in [0.29, 0.717) is 6.54 Å². The smallest absolute Gasteiger partial charge is 0.321 e. The molecule has 0 aliphatic rings. The van der Waals surface area contributed by atoms with Crippen molar-refractivity contribution in [1.82, 2.24) is 20.7 Å². The molecule has 2 aromatic heterocycles. The molecule has 3 rings (SSSR count). The van der Waals surface area contributed by atoms with E-state index < -0.39 is 5.91 Å². The minimum atomic E-state index is -0.443. The highest BCUT2D eigenvalue weighted by Gasteiger charge is 2.15. The lowest BCUT2D eigenvalue weighted by atomic mass is 10.1. The number of amides is 3. The van der Waals surface area contributed by atoms with E-state index in [1.165, 1.54) is 21.8 Å². The number of nitrogens with one attached hydrogen (secondary N) is 2. The number of nitrogens with zero attached hydrogens (tertiary/aromatic N) is 2. The third-order valence-corrected chi connectivity index (χ3v) is 6.22. The minimum absolute atomic E-state index is 0.275. The summed E-state index contributed by atoms with van der Waals surface area (Å²) in [6.07, 6.45) is 0.978. The fourth-order valence-electron chi connectivity index (χ4n) is 2.52. The van der Waals surface area contributed by atoms with Crippen molar-refractivity contribution in [2.75, 3.05) is 7.05 Å². The van der Waals surface area contributed by atoms with Crippen LogP contribution in [-0.4, -0.2) is 28.9 Å². The van der Waals surface area contributed by atoms with E-state index in [1.807, 2.05) is 30.5 Å². The number of rotatable bonds is 5. The Labute approximate surface area is 172 Å². The summed E-state index contributed by atoms with van der Waals surface area (Å²) in [7, 11) is 1.68. The molecule has 0 fully saturated rings. The molecule has 0 saturated heterocycles. The second-order valence-corrected chi connectivity index (χ2v) is 8.21. The lowest BCUT2D eigenvalue weighted by Gasteiger charge is -2.17. The lowest BCUT2D eigenvalue weighted by Crippen LogP contribution is -2.47. The van der Waals surface area contributed by atoms with E-state index >= 15 is 0 Å². The first kappa shape index (κ1) is 20.0. The van der Waals surface area contributed by atoms with Gasteiger partial charge in [-0.05, 0) is 35.9 Å². The number of aryl methyl sites for hydroxylation is 2. The van der Waals surface area contributed by atoms with Crippen LogP contribution in [0.4, 0.5) is 4.79 Å². The van der Waals surface area contributed by atoms with Crippen LogP contribution in [0.5, 0.6) is 0 Å². The van der Waals surface area contributed by atoms with Crippen molar-refractivity contribution in [3.63, 3.8) is 0 Å². The Morgan fingerprint density at radius 1 is 1.11 bits per heavy atom. The van der Waals surface area contributed by atoms with Crippen LogP contribution in [0, 0.1) is 6.92 Å². The molecule has 8 heteroatoms. The van der Waals surface area contributed by atoms with Gasteiger partial charge in [-0.3, -0.25) is 10.2 Å². The zero-order valence-electron chi connectivity index (χ0n) is 16.0. The molecular weight excluding hydrogens is 392 g/mol. The molecule has 2 N–H and O–H groups in total. The third-order valence-electron chi connectivity index (χ3n) is 4.32. The molecule has 0 atom stereocenters. The molecule has 0 aliphatic carbocycles. The quantitative estimate of drug-likeness (QED) is 0.614. The van der Waals surface area contributed by atoms with Crippen LogP contribution < -0.4 is 10.9 Å². The van der Waals surface area contributed by atoms with Crippen molar-refractivity contribution in [3.05, 3.63) is 62.8 Å². The molecule has 0 radical (unpaired) electrons. The Morgan fingerprint density at radius 3 is 2.50 bits per heavy atom. The fourth-order valence-corrected chi connectivity index (χ4v) is 4.28. The van der Waals surface area contributed by atoms with Crippen LogP contribution in [0.2, 0.25) is 0 Å². The molecule has 0 aliphatic heterocycles. The average Bonchev–Trinajstić information content (AvgIpc) is 3.35. The molecule has 3 aromatic rings. The van der Waals surface area contributed by atoms with E-state index in [9.17, 15) is 9.59 Å². The number of carbonyl (C=O) groups is 2. The predicted molar refractivity (Wildman–Crippen MR) is 113 cm³/mol. The van der Waals surface area contributed by atoms with Gasteiger partial charge in [0.15, 0.2) is 0 Å². The lowest BCUT2D eigenvalue weighted by molar-refractivity contribution is 0.0927. The van der Waals surface area contributed by atoms with Crippen molar-refractivity contribution < 1.29 is 9.59 Å². The summed E-state index contributed by atoms with van der Waals surface area (Å²) in [5, 5.41) is 4.45. The van der Waals surface area contributed by atoms with Gasteiger partial charge in [0, 0.05) is 22.9 Å². The second kappa shape index (κ2) is 8.99. The van der Waals surface area contributed by atoms with Crippen molar-refractivity contribution in [2.24, 2.45) is 0 Å². The van der Waals surface area contributed by atoms with Crippen LogP contribution in [0.25, 0.3) is 10.6 Å². The maximum Gasteiger partial charge on any atom is 0.336 e. The largest absolute Gasteiger partial charge is 0.336 e. The highest BCUT2D eigenvalue weighted by molar-refractivity contribution is 7.13. The molecule has 1 aromatic carbocycles. The number of thiophene rings is 1. The average molecular weight is 415 g/mol. The number of urea groups is 1. The molecule has 0 unspecified atom stereocenters. The Balaban J connectivity index is 1.55. The van der Waals surface area contributed by atoms with Gasteiger partial charge in [-0.1, -0.05) is 31.2 Å². The molecule has 6 nitrogen and oxygen atoms in total. The zero-order valence-corrected chi connectivity index (χ0v) is 17.6. The molecular formula is C20H22N4O2S2. The molecule has 28 heavy (non-hydrogen) atoms. The van der Waals surface area contributed by atoms with Crippen molar-refractivity contribution in [1.29, 1.82) is 0 Å². The number of aromatic nitrogens is 1. The SMILES string of the molecule is CCc1ccc(-c2nc(C(=O)NNC(=O)N(C)Cc3sccc3C)cs2)cc1. The first-order valence-electron chi connectivity index (χ1n) is 8.87. The van der Waals surface area contributed by atoms with Gasteiger partial charge < -0.3 is 4.90 Å². The number of hydrogen-bond acceptors (Lipinski definition) is 5. The van der Waals surface area contributed by atoms with Gasteiger partial charge in [-0.25, -0.2) is 15.2 Å². The molecule has 0 spiro atoms. The third kappa shape index (κ3) is 4.76. The standard InChI is InChI=1S/C20H22N4O2S2/c1-4-14-5-7-15(8-6-14)19-21-16(12-28-19)18(25)22-23-20(26)24(3)11-17-13(2)9-10-27-17/h5-10,12H,4,11H2,1-3H3,(H,22,25)(H,23,26). The number of carbonyl (C=O) groups excluding carboxylic acids is 2. The monoisotopic (exact) mass is 414 g/mol. The number of hydrazine groups is 1. The van der Waals surface area contributed by atoms with Crippen molar-refractivity contribution in [2.45, 2.75) is 26.8 Å². The summed E-state index contributed by atoms with van der Waals surface area (Å²) in [4.78, 5) is 31.5. The summed E-state index contributed by atoms with van der Waals surface area (Å²) in [5.41, 5.74) is 8.50. The van der Waals surface area contributed by atoms with E-state index in [4.69, 9.17) is 0 Å². The first-order chi connectivity index (χ1) is 13.5. The van der Waals surface area contributed by atoms with Gasteiger partial charge in [-0.15, -0.1) is 22.7 Å². The Hall–Kier alpha value is -2.71. The molecule has 2 heterocycles. The maximum atomic E-state index is 12.3. The van der Waals surface area contributed by atoms with Crippen LogP contribution in [0.3, 0.4) is 0 Å². The highest BCUT2D eigenvalue weighted by Crippen LogP contribution is 2.24. The summed E-state index contributed by atoms with van der Waals surface area (Å²) < 4.78 is 0. The summed E-state index contributed by atoms with van der Waals surface area (Å²) in [6, 6.07) is 9.75. The van der Waals surface area contributed by atoms with Crippen LogP contribution in [0.1, 0.15) is 33.4 Å². The van der Waals surface area contributed by atoms with E-state index in [1.54, 1.807) is 23.8 Å². The predicted octanol–water partition coefficient (Wildman–Crippen LogP) is 4.23. The van der Waals surface area contributed by atoms with E-state index in [2.05, 4.69) is 34.9 Å². The molecule has 3 amide bonds. The van der Waals surface area contributed by atoms with Gasteiger partial charge in [0.25, 0.3) is 5.91 Å². The summed E-state index contributed by atoms with van der Waals surface area (Å²) in [5.74, 6) is -0.443. The Morgan fingerprint density at radius 2 is 1.86 bits per heavy atom. The van der Waals surface area contributed by atoms with Gasteiger partial charge in [-0.2, -0.15) is 0 Å². The van der Waals surface area contributed by atoms with Crippen molar-refractivity contribution >= 4 is 34.6 Å². The van der Waals surface area contributed by atoms with Gasteiger partial charge in [0.1, 0.15) is 10.7 Å². The molecule has 146 valence electrons. The Kier molecular flexibility index (Phi) is 6.43. The minimum Gasteiger partial charge on any atom is -0.321 e. The second-order valence-electron chi connectivity index (χ2n) is 6.36. The highest BCUT2D eigenvalue weighted by atomic mass is 32.1. The van der Waals surface area contributed by atoms with E-state index in [-0.39, 0.29) is 11.7 Å². The summed E-state index contributed by atoms with van der Waals surface area (Å²) >= 11 is 3.00. The van der Waals surface area contributed by atoms with Gasteiger partial charge >= 0.3 is 6.03 Å². The molecule has 0 saturated carbocycles. The fraction of sp³-hybridized carbons (Fsp3) is 0.250.